The lowest BCUT2D eigenvalue weighted by atomic mass is 9.87. The van der Waals surface area contributed by atoms with Gasteiger partial charge in [0, 0.05) is 33.0 Å². The Morgan fingerprint density at radius 1 is 1.38 bits per heavy atom. The number of carboxylic acid groups (broad SMARTS) is 1. The third-order valence-electron chi connectivity index (χ3n) is 2.58. The Bertz CT molecular complexity index is 605. The van der Waals surface area contributed by atoms with E-state index in [1.807, 2.05) is 0 Å². The van der Waals surface area contributed by atoms with Crippen molar-refractivity contribution in [3.8, 4) is 0 Å². The fraction of sp³-hybridized carbons (Fsp3) is 0.375. The van der Waals surface area contributed by atoms with Crippen LogP contribution in [0.3, 0.4) is 0 Å². The van der Waals surface area contributed by atoms with Crippen molar-refractivity contribution < 1.29 is 32.9 Å². The Morgan fingerprint density at radius 2 is 1.86 bits per heavy atom. The van der Waals surface area contributed by atoms with Crippen LogP contribution in [0.25, 0.3) is 0 Å². The highest BCUT2D eigenvalue weighted by molar-refractivity contribution is 9.10. The van der Waals surface area contributed by atoms with E-state index >= 15 is 0 Å². The van der Waals surface area contributed by atoms with Crippen molar-refractivity contribution in [1.82, 2.24) is 0 Å². The number of aliphatic carboxylic acids is 1. The minimum Gasteiger partial charge on any atom is -0.478 e. The molecule has 0 aromatic rings. The lowest BCUT2D eigenvalue weighted by Gasteiger charge is -2.35. The highest BCUT2D eigenvalue weighted by atomic mass is 79.9. The average molecular weight is 395 g/mol. The number of nitro groups is 2. The van der Waals surface area contributed by atoms with Gasteiger partial charge in [-0.25, -0.2) is 4.79 Å². The molecule has 0 saturated heterocycles. The van der Waals surface area contributed by atoms with Crippen LogP contribution in [0.2, 0.25) is 0 Å². The molecule has 0 spiro atoms. The van der Waals surface area contributed by atoms with Gasteiger partial charge in [0.25, 0.3) is 5.70 Å². The van der Waals surface area contributed by atoms with E-state index in [0.717, 1.165) is 0 Å². The summed E-state index contributed by atoms with van der Waals surface area (Å²) in [5, 5.41) is 30.5. The number of hydrogen-bond acceptors (Lipinski definition) is 5. The zero-order valence-electron chi connectivity index (χ0n) is 9.43. The van der Waals surface area contributed by atoms with Gasteiger partial charge in [-0.15, -0.1) is 0 Å². The van der Waals surface area contributed by atoms with Crippen molar-refractivity contribution in [3.63, 3.8) is 0 Å². The molecule has 0 radical (unpaired) electrons. The number of hydrogen-bond donors (Lipinski definition) is 1. The zero-order valence-corrected chi connectivity index (χ0v) is 11.8. The van der Waals surface area contributed by atoms with Crippen LogP contribution in [0.15, 0.2) is 23.4 Å². The summed E-state index contributed by atoms with van der Waals surface area (Å²) in [4.78, 5) is 25.2. The molecule has 2 atom stereocenters. The van der Waals surface area contributed by atoms with Crippen LogP contribution in [0, 0.1) is 20.2 Å². The maximum absolute atomic E-state index is 13.1. The van der Waals surface area contributed by atoms with Crippen LogP contribution in [0.1, 0.15) is 0 Å². The molecule has 0 fully saturated rings. The first-order chi connectivity index (χ1) is 9.29. The first-order valence-corrected chi connectivity index (χ1v) is 5.88. The Labute approximate surface area is 126 Å². The van der Waals surface area contributed by atoms with E-state index in [2.05, 4.69) is 15.9 Å². The summed E-state index contributed by atoms with van der Waals surface area (Å²) in [5.41, 5.74) is -2.94. The molecule has 0 aromatic heterocycles. The summed E-state index contributed by atoms with van der Waals surface area (Å²) >= 11 is 7.32. The molecule has 0 aliphatic heterocycles. The van der Waals surface area contributed by atoms with Crippen molar-refractivity contribution in [2.24, 2.45) is 0 Å². The molecular formula is C8H3BrClF3N2O6. The van der Waals surface area contributed by atoms with E-state index in [1.165, 1.54) is 0 Å². The highest BCUT2D eigenvalue weighted by Gasteiger charge is 2.79. The van der Waals surface area contributed by atoms with Crippen molar-refractivity contribution in [1.29, 1.82) is 0 Å². The number of halogens is 5. The molecule has 1 aliphatic carbocycles. The summed E-state index contributed by atoms with van der Waals surface area (Å²) < 4.78 is 35.9. The first kappa shape index (κ1) is 17.4. The fourth-order valence-electron chi connectivity index (χ4n) is 1.60. The zero-order chi connectivity index (χ0) is 16.8. The molecule has 1 N–H and O–H groups in total. The Kier molecular flexibility index (Phi) is 4.09. The van der Waals surface area contributed by atoms with Gasteiger partial charge in [0.05, 0.1) is 10.5 Å². The molecule has 0 saturated carbocycles. The minimum absolute atomic E-state index is 0.0336. The smallest absolute Gasteiger partial charge is 0.426 e. The molecule has 116 valence electrons. The Morgan fingerprint density at radius 3 is 2.14 bits per heavy atom. The van der Waals surface area contributed by atoms with E-state index < -0.39 is 42.6 Å². The van der Waals surface area contributed by atoms with Gasteiger partial charge in [0.1, 0.15) is 0 Å². The maximum atomic E-state index is 13.1. The Balaban J connectivity index is 3.83. The van der Waals surface area contributed by atoms with Gasteiger partial charge in [-0.05, 0) is 0 Å². The molecule has 8 nitrogen and oxygen atoms in total. The summed E-state index contributed by atoms with van der Waals surface area (Å²) in [6, 6.07) is 0. The largest absolute Gasteiger partial charge is 0.478 e. The average Bonchev–Trinajstić information content (AvgIpc) is 2.29. The second kappa shape index (κ2) is 4.94. The van der Waals surface area contributed by atoms with Crippen molar-refractivity contribution >= 4 is 33.5 Å². The van der Waals surface area contributed by atoms with Gasteiger partial charge in [0.15, 0.2) is 0 Å². The molecule has 1 rings (SSSR count). The number of rotatable bonds is 3. The molecule has 2 unspecified atom stereocenters. The van der Waals surface area contributed by atoms with Gasteiger partial charge in [0.2, 0.25) is 0 Å². The van der Waals surface area contributed by atoms with Crippen LogP contribution in [0.4, 0.5) is 13.2 Å². The molecule has 0 heterocycles. The lowest BCUT2D eigenvalue weighted by Crippen LogP contribution is -2.62. The molecule has 21 heavy (non-hydrogen) atoms. The van der Waals surface area contributed by atoms with Crippen LogP contribution < -0.4 is 0 Å². The van der Waals surface area contributed by atoms with Gasteiger partial charge in [-0.2, -0.15) is 13.2 Å². The van der Waals surface area contributed by atoms with Crippen LogP contribution in [-0.4, -0.2) is 36.4 Å². The van der Waals surface area contributed by atoms with Crippen molar-refractivity contribution in [2.45, 2.75) is 15.5 Å². The number of alkyl halides is 5. The quantitative estimate of drug-likeness (QED) is 0.338. The number of carbonyl (C=O) groups is 1. The summed E-state index contributed by atoms with van der Waals surface area (Å²) in [5.74, 6) is -1.89. The summed E-state index contributed by atoms with van der Waals surface area (Å²) in [6.45, 7) is 0. The second-order valence-corrected chi connectivity index (χ2v) is 5.55. The van der Waals surface area contributed by atoms with E-state index in [4.69, 9.17) is 16.7 Å². The normalized spacial score (nSPS) is 29.4. The van der Waals surface area contributed by atoms with Crippen LogP contribution in [0.5, 0.6) is 0 Å². The third kappa shape index (κ3) is 2.37. The van der Waals surface area contributed by atoms with Crippen molar-refractivity contribution in [3.05, 3.63) is 43.7 Å². The number of nitrogens with zero attached hydrogens (tertiary/aromatic N) is 2. The van der Waals surface area contributed by atoms with E-state index in [-0.39, 0.29) is 12.2 Å². The maximum Gasteiger partial charge on any atom is 0.426 e. The molecule has 13 heteroatoms. The van der Waals surface area contributed by atoms with Gasteiger partial charge in [-0.3, -0.25) is 20.2 Å². The highest BCUT2D eigenvalue weighted by Crippen LogP contribution is 2.56. The predicted molar refractivity (Wildman–Crippen MR) is 64.1 cm³/mol. The molecule has 0 aromatic carbocycles. The number of carboxylic acids is 1. The third-order valence-corrected chi connectivity index (χ3v) is 4.61. The van der Waals surface area contributed by atoms with Gasteiger partial charge in [-0.1, -0.05) is 11.6 Å². The van der Waals surface area contributed by atoms with E-state index in [9.17, 15) is 38.2 Å². The molecular weight excluding hydrogens is 392 g/mol. The minimum atomic E-state index is -5.62. The topological polar surface area (TPSA) is 124 Å². The predicted octanol–water partition coefficient (Wildman–Crippen LogP) is 2.08. The van der Waals surface area contributed by atoms with E-state index in [1.54, 1.807) is 0 Å². The SMILES string of the molecule is O=C(O)C1=CC(Br)([N+](=O)[O-])C(Cl)(C(F)(F)F)C([N+](=O)[O-])=C1. The van der Waals surface area contributed by atoms with Gasteiger partial charge < -0.3 is 5.11 Å². The van der Waals surface area contributed by atoms with Crippen LogP contribution >= 0.6 is 27.5 Å². The van der Waals surface area contributed by atoms with Gasteiger partial charge >= 0.3 is 21.5 Å². The first-order valence-electron chi connectivity index (χ1n) is 4.70. The van der Waals surface area contributed by atoms with E-state index in [0.29, 0.717) is 0 Å². The fourth-order valence-corrected chi connectivity index (χ4v) is 2.52. The molecule has 0 bridgehead atoms. The monoisotopic (exact) mass is 394 g/mol. The molecule has 1 aliphatic rings. The standard InChI is InChI=1S/C8H3BrClF3N2O6/c9-6(15(20)21)2-3(5(16)17)1-4(14(18)19)7(6,10)8(11,12)13/h1-2H,(H,16,17). The lowest BCUT2D eigenvalue weighted by molar-refractivity contribution is -0.546. The summed E-state index contributed by atoms with van der Waals surface area (Å²) in [7, 11) is 0. The Hall–Kier alpha value is -1.69. The summed E-state index contributed by atoms with van der Waals surface area (Å²) in [6.07, 6.45) is -5.53. The van der Waals surface area contributed by atoms with Crippen LogP contribution in [-0.2, 0) is 4.79 Å². The molecule has 0 amide bonds. The second-order valence-electron chi connectivity index (χ2n) is 3.78. The van der Waals surface area contributed by atoms with Crippen molar-refractivity contribution in [2.75, 3.05) is 0 Å².